The lowest BCUT2D eigenvalue weighted by atomic mass is 9.97. The standard InChI is InChI=1S/C11H14O2.C6H6N2O/c1-8-4-3-5-10(6-8)9(2)7-11(12)13;7-6(9)5-1-3-8-4-2-5/h3-6,9H,7H2,1-2H3,(H,12,13);1-4H,(H2,7,9)/t9-;/m0./s1. The molecule has 22 heavy (non-hydrogen) atoms. The number of nitrogens with two attached hydrogens (primary N) is 1. The second-order valence-corrected chi connectivity index (χ2v) is 5.01. The monoisotopic (exact) mass is 300 g/mol. The Morgan fingerprint density at radius 3 is 2.32 bits per heavy atom. The predicted octanol–water partition coefficient (Wildman–Crippen LogP) is 2.75. The maximum absolute atomic E-state index is 10.5. The van der Waals surface area contributed by atoms with Gasteiger partial charge in [-0.15, -0.1) is 0 Å². The maximum atomic E-state index is 10.5. The van der Waals surface area contributed by atoms with Gasteiger partial charge in [0.05, 0.1) is 6.42 Å². The van der Waals surface area contributed by atoms with Gasteiger partial charge in [-0.25, -0.2) is 0 Å². The van der Waals surface area contributed by atoms with E-state index in [4.69, 9.17) is 10.8 Å². The van der Waals surface area contributed by atoms with Crippen molar-refractivity contribution in [1.82, 2.24) is 4.98 Å². The Kier molecular flexibility index (Phi) is 6.76. The third-order valence-corrected chi connectivity index (χ3v) is 3.06. The van der Waals surface area contributed by atoms with Gasteiger partial charge >= 0.3 is 5.97 Å². The largest absolute Gasteiger partial charge is 0.481 e. The molecule has 0 unspecified atom stereocenters. The van der Waals surface area contributed by atoms with E-state index in [9.17, 15) is 9.59 Å². The Labute approximate surface area is 129 Å². The van der Waals surface area contributed by atoms with Crippen LogP contribution in [0, 0.1) is 6.92 Å². The highest BCUT2D eigenvalue weighted by atomic mass is 16.4. The van der Waals surface area contributed by atoms with Crippen molar-refractivity contribution in [2.75, 3.05) is 0 Å². The minimum Gasteiger partial charge on any atom is -0.481 e. The van der Waals surface area contributed by atoms with Crippen LogP contribution in [0.15, 0.2) is 48.8 Å². The zero-order chi connectivity index (χ0) is 16.5. The number of aromatic nitrogens is 1. The number of nitrogens with zero attached hydrogens (tertiary/aromatic N) is 1. The third kappa shape index (κ3) is 6.17. The zero-order valence-electron chi connectivity index (χ0n) is 12.7. The fourth-order valence-corrected chi connectivity index (χ4v) is 1.87. The second-order valence-electron chi connectivity index (χ2n) is 5.01. The van der Waals surface area contributed by atoms with E-state index in [1.54, 1.807) is 12.1 Å². The van der Waals surface area contributed by atoms with Crippen LogP contribution in [0.25, 0.3) is 0 Å². The molecule has 0 aliphatic heterocycles. The molecule has 0 saturated heterocycles. The molecule has 1 aromatic heterocycles. The van der Waals surface area contributed by atoms with Crippen LogP contribution in [-0.2, 0) is 4.79 Å². The molecule has 0 saturated carbocycles. The molecule has 1 heterocycles. The van der Waals surface area contributed by atoms with E-state index in [0.29, 0.717) is 5.56 Å². The average molecular weight is 300 g/mol. The molecule has 5 heteroatoms. The summed E-state index contributed by atoms with van der Waals surface area (Å²) in [6.45, 7) is 3.94. The Morgan fingerprint density at radius 2 is 1.86 bits per heavy atom. The van der Waals surface area contributed by atoms with Crippen LogP contribution in [0.5, 0.6) is 0 Å². The smallest absolute Gasteiger partial charge is 0.303 e. The molecule has 0 radical (unpaired) electrons. The van der Waals surface area contributed by atoms with Crippen molar-refractivity contribution in [1.29, 1.82) is 0 Å². The van der Waals surface area contributed by atoms with Crippen molar-refractivity contribution in [3.8, 4) is 0 Å². The van der Waals surface area contributed by atoms with Crippen LogP contribution >= 0.6 is 0 Å². The predicted molar refractivity (Wildman–Crippen MR) is 84.6 cm³/mol. The fraction of sp³-hybridized carbons (Fsp3) is 0.235. The minimum atomic E-state index is -0.742. The maximum Gasteiger partial charge on any atom is 0.303 e. The Bertz CT molecular complexity index is 627. The van der Waals surface area contributed by atoms with Gasteiger partial charge in [-0.05, 0) is 30.5 Å². The van der Waals surface area contributed by atoms with E-state index in [1.165, 1.54) is 18.0 Å². The van der Waals surface area contributed by atoms with Crippen LogP contribution in [0.4, 0.5) is 0 Å². The third-order valence-electron chi connectivity index (χ3n) is 3.06. The number of carbonyl (C=O) groups is 2. The van der Waals surface area contributed by atoms with Crippen LogP contribution in [0.1, 0.15) is 40.7 Å². The second kappa shape index (κ2) is 8.56. The molecule has 1 aromatic carbocycles. The molecule has 5 nitrogen and oxygen atoms in total. The first-order chi connectivity index (χ1) is 10.4. The van der Waals surface area contributed by atoms with Crippen molar-refractivity contribution >= 4 is 11.9 Å². The molecular weight excluding hydrogens is 280 g/mol. The van der Waals surface area contributed by atoms with E-state index in [0.717, 1.165) is 5.56 Å². The summed E-state index contributed by atoms with van der Waals surface area (Å²) in [4.78, 5) is 24.6. The van der Waals surface area contributed by atoms with Gasteiger partial charge in [-0.2, -0.15) is 0 Å². The number of primary amides is 1. The SMILES string of the molecule is Cc1cccc([C@@H](C)CC(=O)O)c1.NC(=O)c1ccncc1. The summed E-state index contributed by atoms with van der Waals surface area (Å²) < 4.78 is 0. The Morgan fingerprint density at radius 1 is 1.23 bits per heavy atom. The number of aliphatic carboxylic acids is 1. The summed E-state index contributed by atoms with van der Waals surface area (Å²) >= 11 is 0. The molecule has 2 rings (SSSR count). The van der Waals surface area contributed by atoms with E-state index >= 15 is 0 Å². The lowest BCUT2D eigenvalue weighted by Gasteiger charge is -2.09. The summed E-state index contributed by atoms with van der Waals surface area (Å²) in [6.07, 6.45) is 3.25. The summed E-state index contributed by atoms with van der Waals surface area (Å²) in [5.74, 6) is -1.07. The van der Waals surface area contributed by atoms with Gasteiger partial charge in [0.1, 0.15) is 0 Å². The molecule has 0 aliphatic rings. The average Bonchev–Trinajstić information content (AvgIpc) is 2.48. The molecule has 0 spiro atoms. The topological polar surface area (TPSA) is 93.3 Å². The summed E-state index contributed by atoms with van der Waals surface area (Å²) in [6, 6.07) is 11.1. The first-order valence-electron chi connectivity index (χ1n) is 6.88. The van der Waals surface area contributed by atoms with Crippen LogP contribution in [0.2, 0.25) is 0 Å². The number of carboxylic acid groups (broad SMARTS) is 1. The molecular formula is C17H20N2O3. The number of rotatable bonds is 4. The molecule has 116 valence electrons. The Hall–Kier alpha value is -2.69. The van der Waals surface area contributed by atoms with Crippen molar-refractivity contribution in [3.63, 3.8) is 0 Å². The van der Waals surface area contributed by atoms with Gasteiger partial charge in [0.15, 0.2) is 0 Å². The highest BCUT2D eigenvalue weighted by molar-refractivity contribution is 5.92. The van der Waals surface area contributed by atoms with Gasteiger partial charge in [0.25, 0.3) is 0 Å². The number of amides is 1. The van der Waals surface area contributed by atoms with Crippen LogP contribution < -0.4 is 5.73 Å². The van der Waals surface area contributed by atoms with Crippen molar-refractivity contribution in [2.24, 2.45) is 5.73 Å². The van der Waals surface area contributed by atoms with E-state index in [2.05, 4.69) is 4.98 Å². The number of aryl methyl sites for hydroxylation is 1. The molecule has 1 atom stereocenters. The fourth-order valence-electron chi connectivity index (χ4n) is 1.87. The molecule has 3 N–H and O–H groups in total. The molecule has 0 bridgehead atoms. The molecule has 1 amide bonds. The number of carbonyl (C=O) groups excluding carboxylic acids is 1. The summed E-state index contributed by atoms with van der Waals surface area (Å²) in [7, 11) is 0. The Balaban J connectivity index is 0.000000235. The molecule has 0 fully saturated rings. The van der Waals surface area contributed by atoms with Crippen molar-refractivity contribution in [3.05, 3.63) is 65.5 Å². The van der Waals surface area contributed by atoms with E-state index in [-0.39, 0.29) is 12.3 Å². The van der Waals surface area contributed by atoms with Crippen molar-refractivity contribution in [2.45, 2.75) is 26.2 Å². The molecule has 0 aliphatic carbocycles. The number of pyridine rings is 1. The number of carboxylic acids is 1. The minimum absolute atomic E-state index is 0.0948. The highest BCUT2D eigenvalue weighted by Gasteiger charge is 2.09. The number of benzene rings is 1. The van der Waals surface area contributed by atoms with Gasteiger partial charge in [0, 0.05) is 18.0 Å². The van der Waals surface area contributed by atoms with Gasteiger partial charge in [-0.3, -0.25) is 14.6 Å². The van der Waals surface area contributed by atoms with Crippen LogP contribution in [0.3, 0.4) is 0 Å². The lowest BCUT2D eigenvalue weighted by Crippen LogP contribution is -2.10. The normalized spacial score (nSPS) is 11.0. The first-order valence-corrected chi connectivity index (χ1v) is 6.88. The number of hydrogen-bond acceptors (Lipinski definition) is 3. The van der Waals surface area contributed by atoms with Crippen molar-refractivity contribution < 1.29 is 14.7 Å². The summed E-state index contributed by atoms with van der Waals surface area (Å²) in [5, 5.41) is 8.61. The van der Waals surface area contributed by atoms with Gasteiger partial charge < -0.3 is 10.8 Å². The van der Waals surface area contributed by atoms with E-state index < -0.39 is 11.9 Å². The zero-order valence-corrected chi connectivity index (χ0v) is 12.7. The molecule has 2 aromatic rings. The highest BCUT2D eigenvalue weighted by Crippen LogP contribution is 2.19. The van der Waals surface area contributed by atoms with Crippen LogP contribution in [-0.4, -0.2) is 22.0 Å². The van der Waals surface area contributed by atoms with Gasteiger partial charge in [-0.1, -0.05) is 36.8 Å². The first kappa shape index (κ1) is 17.4. The van der Waals surface area contributed by atoms with E-state index in [1.807, 2.05) is 38.1 Å². The quantitative estimate of drug-likeness (QED) is 0.908. The van der Waals surface area contributed by atoms with Gasteiger partial charge in [0.2, 0.25) is 5.91 Å². The lowest BCUT2D eigenvalue weighted by molar-refractivity contribution is -0.137. The summed E-state index contributed by atoms with van der Waals surface area (Å²) in [5.41, 5.74) is 7.71. The number of hydrogen-bond donors (Lipinski definition) is 2.